The van der Waals surface area contributed by atoms with Crippen LogP contribution in [0.5, 0.6) is 0 Å². The predicted molar refractivity (Wildman–Crippen MR) is 135 cm³/mol. The van der Waals surface area contributed by atoms with Crippen LogP contribution < -0.4 is 21.0 Å². The molecule has 1 amide bonds. The fourth-order valence-electron chi connectivity index (χ4n) is 4.91. The van der Waals surface area contributed by atoms with Crippen LogP contribution in [0.4, 0.5) is 24.5 Å². The van der Waals surface area contributed by atoms with Crippen molar-refractivity contribution in [2.45, 2.75) is 31.5 Å². The second-order valence-electron chi connectivity index (χ2n) is 9.24. The maximum Gasteiger partial charge on any atom is 0.416 e. The molecule has 0 saturated carbocycles. The molecule has 12 heteroatoms. The minimum Gasteiger partial charge on any atom is -0.477 e. The normalized spacial score (nSPS) is 15.1. The monoisotopic (exact) mass is 530 g/mol. The van der Waals surface area contributed by atoms with Crippen LogP contribution in [0.3, 0.4) is 0 Å². The van der Waals surface area contributed by atoms with Crippen molar-refractivity contribution in [2.24, 2.45) is 0 Å². The van der Waals surface area contributed by atoms with Crippen molar-refractivity contribution >= 4 is 23.8 Å². The Morgan fingerprint density at radius 1 is 1.11 bits per heavy atom. The van der Waals surface area contributed by atoms with Gasteiger partial charge in [-0.2, -0.15) is 13.2 Å². The van der Waals surface area contributed by atoms with Crippen LogP contribution in [-0.4, -0.2) is 47.8 Å². The number of aromatic nitrogens is 2. The Bertz CT molecular complexity index is 1540. The zero-order valence-electron chi connectivity index (χ0n) is 20.8. The molecule has 9 nitrogen and oxygen atoms in total. The fourth-order valence-corrected chi connectivity index (χ4v) is 4.91. The Morgan fingerprint density at radius 2 is 1.82 bits per heavy atom. The maximum atomic E-state index is 13.7. The number of hydrogen-bond acceptors (Lipinski definition) is 5. The number of anilines is 2. The Hall–Kier alpha value is -4.35. The first-order valence-electron chi connectivity index (χ1n) is 11.7. The van der Waals surface area contributed by atoms with Gasteiger partial charge in [-0.15, -0.1) is 0 Å². The molecular weight excluding hydrogens is 505 g/mol. The van der Waals surface area contributed by atoms with Crippen molar-refractivity contribution in [3.63, 3.8) is 0 Å². The zero-order chi connectivity index (χ0) is 27.9. The van der Waals surface area contributed by atoms with Gasteiger partial charge in [0.05, 0.1) is 28.7 Å². The highest BCUT2D eigenvalue weighted by Crippen LogP contribution is 2.40. The minimum atomic E-state index is -4.62. The molecule has 0 spiro atoms. The molecular formula is C26H25F3N4O5. The molecule has 1 atom stereocenters. The third kappa shape index (κ3) is 4.57. The number of hydrogen-bond donors (Lipinski definition) is 1. The summed E-state index contributed by atoms with van der Waals surface area (Å²) in [6, 6.07) is 7.13. The topological polar surface area (TPSA) is 105 Å². The molecule has 4 rings (SSSR count). The van der Waals surface area contributed by atoms with E-state index in [4.69, 9.17) is 0 Å². The molecule has 0 fully saturated rings. The average Bonchev–Trinajstić information content (AvgIpc) is 2.87. The van der Waals surface area contributed by atoms with Crippen LogP contribution in [0.25, 0.3) is 5.69 Å². The average molecular weight is 531 g/mol. The lowest BCUT2D eigenvalue weighted by Gasteiger charge is -2.29. The van der Waals surface area contributed by atoms with E-state index >= 15 is 0 Å². The second kappa shape index (κ2) is 9.84. The maximum absolute atomic E-state index is 13.7. The van der Waals surface area contributed by atoms with E-state index in [2.05, 4.69) is 0 Å². The molecule has 3 aromatic rings. The summed E-state index contributed by atoms with van der Waals surface area (Å²) < 4.78 is 42.8. The molecule has 1 aromatic heterocycles. The summed E-state index contributed by atoms with van der Waals surface area (Å²) >= 11 is 0. The van der Waals surface area contributed by atoms with Gasteiger partial charge < -0.3 is 14.9 Å². The molecule has 200 valence electrons. The van der Waals surface area contributed by atoms with E-state index in [-0.39, 0.29) is 36.1 Å². The zero-order valence-corrected chi connectivity index (χ0v) is 20.8. The van der Waals surface area contributed by atoms with E-state index in [9.17, 15) is 37.5 Å². The van der Waals surface area contributed by atoms with Gasteiger partial charge in [0, 0.05) is 27.3 Å². The quantitative estimate of drug-likeness (QED) is 0.491. The second-order valence-corrected chi connectivity index (χ2v) is 9.24. The van der Waals surface area contributed by atoms with Gasteiger partial charge in [0.25, 0.3) is 5.56 Å². The summed E-state index contributed by atoms with van der Waals surface area (Å²) in [5.41, 5.74) is -2.14. The van der Waals surface area contributed by atoms with Crippen molar-refractivity contribution in [1.29, 1.82) is 0 Å². The Labute approximate surface area is 215 Å². The van der Waals surface area contributed by atoms with Crippen LogP contribution >= 0.6 is 0 Å². The molecule has 1 aliphatic rings. The highest BCUT2D eigenvalue weighted by molar-refractivity contribution is 5.87. The lowest BCUT2D eigenvalue weighted by molar-refractivity contribution is -0.138. The lowest BCUT2D eigenvalue weighted by Crippen LogP contribution is -2.45. The molecule has 1 unspecified atom stereocenters. The van der Waals surface area contributed by atoms with E-state index in [1.807, 2.05) is 0 Å². The molecule has 0 saturated heterocycles. The summed E-state index contributed by atoms with van der Waals surface area (Å²) in [4.78, 5) is 53.3. The number of aromatic carboxylic acids is 1. The molecule has 1 N–H and O–H groups in total. The van der Waals surface area contributed by atoms with Gasteiger partial charge in [-0.3, -0.25) is 18.7 Å². The van der Waals surface area contributed by atoms with E-state index in [0.717, 1.165) is 21.4 Å². The van der Waals surface area contributed by atoms with E-state index in [1.54, 1.807) is 38.2 Å². The van der Waals surface area contributed by atoms with Crippen molar-refractivity contribution in [3.05, 3.63) is 85.7 Å². The molecule has 1 aliphatic carbocycles. The van der Waals surface area contributed by atoms with Crippen LogP contribution in [0.2, 0.25) is 0 Å². The number of carboxylic acids is 1. The summed E-state index contributed by atoms with van der Waals surface area (Å²) in [6.07, 6.45) is -2.55. The number of carboxylic acid groups (broad SMARTS) is 1. The van der Waals surface area contributed by atoms with Crippen molar-refractivity contribution in [2.75, 3.05) is 30.9 Å². The number of fused-ring (bicyclic) bond motifs is 1. The number of carbonyl (C=O) groups is 2. The van der Waals surface area contributed by atoms with Gasteiger partial charge in [0.2, 0.25) is 6.41 Å². The highest BCUT2D eigenvalue weighted by Gasteiger charge is 2.37. The van der Waals surface area contributed by atoms with Gasteiger partial charge >= 0.3 is 17.8 Å². The van der Waals surface area contributed by atoms with Crippen molar-refractivity contribution in [1.82, 2.24) is 9.13 Å². The standard InChI is InChI=1S/C26H25F3N4O5/c1-30(2)22-12-15(10-11-21(22)31(3)14-34)32-13-18(24(36)37)23(35)33(25(32)38)20-9-5-6-16-17(20)7-4-8-19(16)26(27,28)29/h4,7-8,10-14,20H,5-6,9H2,1-3H3,(H,36,37). The number of amides is 1. The minimum absolute atomic E-state index is 0.00836. The Kier molecular flexibility index (Phi) is 6.92. The number of carbonyl (C=O) groups excluding carboxylic acids is 1. The summed E-state index contributed by atoms with van der Waals surface area (Å²) in [6.45, 7) is 0. The summed E-state index contributed by atoms with van der Waals surface area (Å²) in [5, 5.41) is 9.76. The predicted octanol–water partition coefficient (Wildman–Crippen LogP) is 3.30. The number of rotatable bonds is 6. The van der Waals surface area contributed by atoms with Gasteiger partial charge in [0.15, 0.2) is 0 Å². The fraction of sp³-hybridized carbons (Fsp3) is 0.308. The molecule has 0 aliphatic heterocycles. The van der Waals surface area contributed by atoms with Crippen LogP contribution in [0.1, 0.15) is 45.9 Å². The Morgan fingerprint density at radius 3 is 2.42 bits per heavy atom. The third-order valence-corrected chi connectivity index (χ3v) is 6.70. The molecule has 38 heavy (non-hydrogen) atoms. The smallest absolute Gasteiger partial charge is 0.416 e. The lowest BCUT2D eigenvalue weighted by atomic mass is 9.84. The first-order valence-corrected chi connectivity index (χ1v) is 11.7. The van der Waals surface area contributed by atoms with E-state index in [0.29, 0.717) is 17.8 Å². The third-order valence-electron chi connectivity index (χ3n) is 6.70. The summed E-state index contributed by atoms with van der Waals surface area (Å²) in [5.74, 6) is -1.58. The molecule has 2 aromatic carbocycles. The van der Waals surface area contributed by atoms with Gasteiger partial charge in [-0.25, -0.2) is 9.59 Å². The first-order chi connectivity index (χ1) is 17.9. The Balaban J connectivity index is 2.00. The van der Waals surface area contributed by atoms with Gasteiger partial charge in [0.1, 0.15) is 5.56 Å². The number of halogens is 3. The number of alkyl halides is 3. The highest BCUT2D eigenvalue weighted by atomic mass is 19.4. The SMILES string of the molecule is CN(C)c1cc(-n2cc(C(=O)O)c(=O)n(C3CCCc4c3cccc4C(F)(F)F)c2=O)ccc1N(C)C=O. The van der Waals surface area contributed by atoms with Gasteiger partial charge in [-0.05, 0) is 54.7 Å². The van der Waals surface area contributed by atoms with Crippen molar-refractivity contribution in [3.8, 4) is 5.69 Å². The number of benzene rings is 2. The van der Waals surface area contributed by atoms with E-state index < -0.39 is 40.6 Å². The molecule has 0 bridgehead atoms. The van der Waals surface area contributed by atoms with Crippen LogP contribution in [0.15, 0.2) is 52.2 Å². The van der Waals surface area contributed by atoms with Crippen LogP contribution in [-0.2, 0) is 17.4 Å². The first kappa shape index (κ1) is 26.7. The van der Waals surface area contributed by atoms with Crippen molar-refractivity contribution < 1.29 is 27.9 Å². The molecule has 1 heterocycles. The number of nitrogens with zero attached hydrogens (tertiary/aromatic N) is 4. The van der Waals surface area contributed by atoms with E-state index in [1.165, 1.54) is 23.1 Å². The molecule has 0 radical (unpaired) electrons. The summed E-state index contributed by atoms with van der Waals surface area (Å²) in [7, 11) is 4.97. The largest absolute Gasteiger partial charge is 0.477 e. The van der Waals surface area contributed by atoms with Gasteiger partial charge in [-0.1, -0.05) is 12.1 Å². The van der Waals surface area contributed by atoms with Crippen LogP contribution in [0, 0.1) is 0 Å².